The molecule has 1 saturated carbocycles. The summed E-state index contributed by atoms with van der Waals surface area (Å²) in [5.74, 6) is 0.739. The highest BCUT2D eigenvalue weighted by Crippen LogP contribution is 2.47. The van der Waals surface area contributed by atoms with Crippen LogP contribution in [0.3, 0.4) is 0 Å². The lowest BCUT2D eigenvalue weighted by molar-refractivity contribution is -0.114. The van der Waals surface area contributed by atoms with E-state index >= 15 is 0 Å². The summed E-state index contributed by atoms with van der Waals surface area (Å²) < 4.78 is 0. The average Bonchev–Trinajstić information content (AvgIpc) is 2.98. The summed E-state index contributed by atoms with van der Waals surface area (Å²) in [6.07, 6.45) is 8.59. The Labute approximate surface area is 137 Å². The number of guanidine groups is 1. The van der Waals surface area contributed by atoms with Gasteiger partial charge in [0.25, 0.3) is 0 Å². The molecule has 1 aliphatic carbocycles. The Balaban J connectivity index is 1.57. The zero-order chi connectivity index (χ0) is 16.1. The average molecular weight is 315 g/mol. The molecule has 0 radical (unpaired) electrons. The Hall–Kier alpha value is -2.11. The van der Waals surface area contributed by atoms with Crippen molar-refractivity contribution in [1.29, 1.82) is 0 Å². The predicted molar refractivity (Wildman–Crippen MR) is 91.3 cm³/mol. The zero-order valence-electron chi connectivity index (χ0n) is 13.7. The molecule has 1 amide bonds. The number of hydrogen-bond donors (Lipinski definition) is 2. The molecule has 1 aliphatic heterocycles. The smallest absolute Gasteiger partial charge is 0.246 e. The highest BCUT2D eigenvalue weighted by atomic mass is 16.1. The van der Waals surface area contributed by atoms with Crippen LogP contribution in [0.4, 0.5) is 5.69 Å². The quantitative estimate of drug-likeness (QED) is 0.657. The van der Waals surface area contributed by atoms with Crippen molar-refractivity contribution >= 4 is 17.6 Å². The lowest BCUT2D eigenvalue weighted by Gasteiger charge is -2.38. The van der Waals surface area contributed by atoms with Gasteiger partial charge in [0, 0.05) is 25.8 Å². The minimum atomic E-state index is -0.119. The number of pyridine rings is 1. The summed E-state index contributed by atoms with van der Waals surface area (Å²) in [6, 6.07) is 3.62. The molecule has 0 atom stereocenters. The Kier molecular flexibility index (Phi) is 4.79. The van der Waals surface area contributed by atoms with Gasteiger partial charge in [0.05, 0.1) is 11.9 Å². The fourth-order valence-corrected chi connectivity index (χ4v) is 3.41. The summed E-state index contributed by atoms with van der Waals surface area (Å²) in [5.41, 5.74) is 1.22. The molecule has 2 heterocycles. The van der Waals surface area contributed by atoms with Gasteiger partial charge >= 0.3 is 0 Å². The molecule has 2 N–H and O–H groups in total. The van der Waals surface area contributed by atoms with E-state index in [0.29, 0.717) is 11.1 Å². The van der Waals surface area contributed by atoms with Crippen molar-refractivity contribution in [2.24, 2.45) is 10.4 Å². The molecule has 0 aromatic carbocycles. The molecule has 6 nitrogen and oxygen atoms in total. The van der Waals surface area contributed by atoms with E-state index < -0.39 is 0 Å². The highest BCUT2D eigenvalue weighted by Gasteiger charge is 2.43. The number of anilines is 1. The molecule has 0 unspecified atom stereocenters. The van der Waals surface area contributed by atoms with Crippen LogP contribution in [0, 0.1) is 5.41 Å². The first-order valence-electron chi connectivity index (χ1n) is 8.44. The second kappa shape index (κ2) is 6.98. The molecule has 1 aromatic rings. The van der Waals surface area contributed by atoms with Gasteiger partial charge in [-0.3, -0.25) is 9.78 Å². The van der Waals surface area contributed by atoms with E-state index in [1.165, 1.54) is 25.7 Å². The van der Waals surface area contributed by atoms with Crippen molar-refractivity contribution in [1.82, 2.24) is 15.2 Å². The normalized spacial score (nSPS) is 19.5. The van der Waals surface area contributed by atoms with E-state index in [4.69, 9.17) is 0 Å². The van der Waals surface area contributed by atoms with Crippen LogP contribution in [0.15, 0.2) is 29.5 Å². The van der Waals surface area contributed by atoms with Crippen molar-refractivity contribution < 1.29 is 4.79 Å². The van der Waals surface area contributed by atoms with Gasteiger partial charge in [-0.2, -0.15) is 0 Å². The fourth-order valence-electron chi connectivity index (χ4n) is 3.41. The van der Waals surface area contributed by atoms with E-state index in [9.17, 15) is 4.79 Å². The summed E-state index contributed by atoms with van der Waals surface area (Å²) in [7, 11) is 0. The van der Waals surface area contributed by atoms with Crippen LogP contribution in [0.2, 0.25) is 0 Å². The van der Waals surface area contributed by atoms with Gasteiger partial charge in [0.1, 0.15) is 6.54 Å². The van der Waals surface area contributed by atoms with E-state index in [1.807, 2.05) is 6.07 Å². The molecular weight excluding hydrogens is 290 g/mol. The first-order chi connectivity index (χ1) is 11.2. The number of hydrogen-bond acceptors (Lipinski definition) is 3. The molecular formula is C17H25N5O. The second-order valence-corrected chi connectivity index (χ2v) is 6.49. The van der Waals surface area contributed by atoms with Gasteiger partial charge in [-0.25, -0.2) is 4.99 Å². The highest BCUT2D eigenvalue weighted by molar-refractivity contribution is 5.94. The lowest BCUT2D eigenvalue weighted by Crippen LogP contribution is -2.43. The number of carbonyl (C=O) groups excluding carboxylic acids is 1. The number of nitrogens with one attached hydrogen (secondary N) is 2. The number of carbonyl (C=O) groups is 1. The molecule has 3 rings (SSSR count). The molecule has 0 bridgehead atoms. The van der Waals surface area contributed by atoms with Gasteiger partial charge in [-0.15, -0.1) is 0 Å². The van der Waals surface area contributed by atoms with Crippen molar-refractivity contribution in [3.05, 3.63) is 24.5 Å². The number of aromatic nitrogens is 1. The van der Waals surface area contributed by atoms with Crippen LogP contribution in [0.1, 0.15) is 32.6 Å². The summed E-state index contributed by atoms with van der Waals surface area (Å²) in [6.45, 7) is 5.10. The van der Waals surface area contributed by atoms with Crippen LogP contribution >= 0.6 is 0 Å². The molecule has 2 fully saturated rings. The number of amides is 1. The Morgan fingerprint density at radius 1 is 1.43 bits per heavy atom. The topological polar surface area (TPSA) is 69.6 Å². The minimum absolute atomic E-state index is 0.119. The van der Waals surface area contributed by atoms with Crippen molar-refractivity contribution in [2.75, 3.05) is 31.5 Å². The molecule has 2 aliphatic rings. The minimum Gasteiger partial charge on any atom is -0.357 e. The molecule has 1 aromatic heterocycles. The monoisotopic (exact) mass is 315 g/mol. The van der Waals surface area contributed by atoms with Crippen molar-refractivity contribution in [3.63, 3.8) is 0 Å². The maximum atomic E-state index is 12.0. The number of aliphatic imine (C=N–C) groups is 1. The third-order valence-electron chi connectivity index (χ3n) is 4.80. The molecule has 1 saturated heterocycles. The second-order valence-electron chi connectivity index (χ2n) is 6.49. The van der Waals surface area contributed by atoms with Gasteiger partial charge in [-0.1, -0.05) is 6.42 Å². The predicted octanol–water partition coefficient (Wildman–Crippen LogP) is 1.86. The number of likely N-dealkylation sites (tertiary alicyclic amines) is 1. The van der Waals surface area contributed by atoms with Crippen molar-refractivity contribution in [3.8, 4) is 0 Å². The van der Waals surface area contributed by atoms with E-state index in [0.717, 1.165) is 25.6 Å². The molecule has 23 heavy (non-hydrogen) atoms. The van der Waals surface area contributed by atoms with Crippen LogP contribution in [0.25, 0.3) is 0 Å². The summed E-state index contributed by atoms with van der Waals surface area (Å²) in [4.78, 5) is 22.8. The third kappa shape index (κ3) is 3.81. The van der Waals surface area contributed by atoms with Gasteiger partial charge in [-0.05, 0) is 43.7 Å². The van der Waals surface area contributed by atoms with Crippen LogP contribution < -0.4 is 10.6 Å². The van der Waals surface area contributed by atoms with E-state index in [-0.39, 0.29) is 12.5 Å². The summed E-state index contributed by atoms with van der Waals surface area (Å²) in [5, 5.41) is 6.13. The molecule has 124 valence electrons. The molecule has 6 heteroatoms. The number of nitrogens with zero attached hydrogens (tertiary/aromatic N) is 3. The van der Waals surface area contributed by atoms with Gasteiger partial charge in [0.15, 0.2) is 5.96 Å². The van der Waals surface area contributed by atoms with Crippen LogP contribution in [-0.2, 0) is 4.79 Å². The first kappa shape index (κ1) is 15.8. The standard InChI is InChI=1S/C17H25N5O/c1-2-19-16(22-10-8-17(13-22)6-4-7-17)20-12-15(23)21-14-5-3-9-18-11-14/h3,5,9,11H,2,4,6-8,10,12-13H2,1H3,(H,19,20)(H,21,23). The van der Waals surface area contributed by atoms with Crippen LogP contribution in [0.5, 0.6) is 0 Å². The Bertz CT molecular complexity index is 568. The van der Waals surface area contributed by atoms with E-state index in [1.54, 1.807) is 18.5 Å². The molecule has 1 spiro atoms. The lowest BCUT2D eigenvalue weighted by atomic mass is 9.68. The van der Waals surface area contributed by atoms with Gasteiger partial charge in [0.2, 0.25) is 5.91 Å². The summed E-state index contributed by atoms with van der Waals surface area (Å²) >= 11 is 0. The maximum absolute atomic E-state index is 12.0. The maximum Gasteiger partial charge on any atom is 0.246 e. The number of rotatable bonds is 4. The van der Waals surface area contributed by atoms with Gasteiger partial charge < -0.3 is 15.5 Å². The Morgan fingerprint density at radius 3 is 2.91 bits per heavy atom. The first-order valence-corrected chi connectivity index (χ1v) is 8.44. The Morgan fingerprint density at radius 2 is 2.30 bits per heavy atom. The van der Waals surface area contributed by atoms with Crippen molar-refractivity contribution in [2.45, 2.75) is 32.6 Å². The fraction of sp³-hybridized carbons (Fsp3) is 0.588. The largest absolute Gasteiger partial charge is 0.357 e. The third-order valence-corrected chi connectivity index (χ3v) is 4.80. The zero-order valence-corrected chi connectivity index (χ0v) is 13.7. The van der Waals surface area contributed by atoms with E-state index in [2.05, 4.69) is 32.4 Å². The SMILES string of the molecule is CCNC(=NCC(=O)Nc1cccnc1)N1CCC2(CCC2)C1. The van der Waals surface area contributed by atoms with Crippen LogP contribution in [-0.4, -0.2) is 47.9 Å².